The maximum atomic E-state index is 11.7. The molecule has 0 atom stereocenters. The smallest absolute Gasteiger partial charge is 0.277 e. The van der Waals surface area contributed by atoms with E-state index in [0.29, 0.717) is 5.56 Å². The van der Waals surface area contributed by atoms with Gasteiger partial charge in [-0.05, 0) is 38.0 Å². The fraction of sp³-hybridized carbons (Fsp3) is 0.250. The van der Waals surface area contributed by atoms with E-state index in [1.165, 1.54) is 5.56 Å². The molecule has 0 saturated carbocycles. The van der Waals surface area contributed by atoms with E-state index in [0.717, 1.165) is 42.2 Å². The molecule has 4 rings (SSSR count). The van der Waals surface area contributed by atoms with Gasteiger partial charge in [-0.1, -0.05) is 0 Å². The van der Waals surface area contributed by atoms with Crippen molar-refractivity contribution in [2.75, 3.05) is 11.4 Å². The minimum Gasteiger partial charge on any atom is -0.326 e. The molecule has 0 unspecified atom stereocenters. The first-order valence-electron chi connectivity index (χ1n) is 7.04. The molecule has 0 bridgehead atoms. The number of rotatable bonds is 1. The number of aromatic nitrogens is 2. The Morgan fingerprint density at radius 1 is 1.24 bits per heavy atom. The average Bonchev–Trinajstić information content (AvgIpc) is 2.81. The molecule has 0 spiro atoms. The Kier molecular flexibility index (Phi) is 2.60. The third kappa shape index (κ3) is 1.85. The van der Waals surface area contributed by atoms with Crippen LogP contribution in [0.1, 0.15) is 34.8 Å². The molecule has 2 aliphatic rings. The lowest BCUT2D eigenvalue weighted by molar-refractivity contribution is 0.101. The highest BCUT2D eigenvalue weighted by atomic mass is 16.1. The summed E-state index contributed by atoms with van der Waals surface area (Å²) in [6, 6.07) is 5.88. The molecule has 21 heavy (non-hydrogen) atoms. The molecular weight excluding hydrogens is 264 g/mol. The lowest BCUT2D eigenvalue weighted by Gasteiger charge is -2.29. The number of carbonyl (C=O) groups is 1. The van der Waals surface area contributed by atoms with Crippen molar-refractivity contribution in [2.24, 2.45) is 4.99 Å². The number of aryl methyl sites for hydroxylation is 1. The second-order valence-electron chi connectivity index (χ2n) is 5.36. The number of hydrogen-bond donors (Lipinski definition) is 0. The predicted molar refractivity (Wildman–Crippen MR) is 80.3 cm³/mol. The van der Waals surface area contributed by atoms with Crippen LogP contribution in [0.5, 0.6) is 0 Å². The molecule has 0 N–H and O–H groups in total. The van der Waals surface area contributed by atoms with E-state index in [4.69, 9.17) is 0 Å². The van der Waals surface area contributed by atoms with E-state index < -0.39 is 0 Å². The zero-order valence-corrected chi connectivity index (χ0v) is 11.7. The second kappa shape index (κ2) is 4.48. The maximum Gasteiger partial charge on any atom is 0.277 e. The number of fused-ring (bicyclic) bond motifs is 2. The molecule has 3 heterocycles. The third-order valence-corrected chi connectivity index (χ3v) is 4.05. The standard InChI is InChI=1S/C16H14N4O/c1-10-14-7-12(4-5-13(14)16(21)19-10)20-6-2-3-11-8-17-9-18-15(11)20/h4-5,7-9H,2-3,6H2,1H3. The van der Waals surface area contributed by atoms with Gasteiger partial charge >= 0.3 is 0 Å². The topological polar surface area (TPSA) is 58.5 Å². The zero-order valence-electron chi connectivity index (χ0n) is 11.7. The van der Waals surface area contributed by atoms with Gasteiger partial charge in [-0.25, -0.2) is 15.0 Å². The van der Waals surface area contributed by atoms with Gasteiger partial charge in [0.15, 0.2) is 0 Å². The minimum absolute atomic E-state index is 0.143. The van der Waals surface area contributed by atoms with E-state index in [-0.39, 0.29) is 5.91 Å². The Labute approximate surface area is 122 Å². The first-order chi connectivity index (χ1) is 10.2. The molecule has 5 heteroatoms. The number of nitrogens with zero attached hydrogens (tertiary/aromatic N) is 4. The fourth-order valence-electron chi connectivity index (χ4n) is 3.02. The van der Waals surface area contributed by atoms with E-state index in [2.05, 4.69) is 19.9 Å². The Bertz CT molecular complexity index is 782. The summed E-state index contributed by atoms with van der Waals surface area (Å²) in [5.74, 6) is 0.825. The van der Waals surface area contributed by atoms with E-state index in [1.807, 2.05) is 31.3 Å². The van der Waals surface area contributed by atoms with Crippen LogP contribution in [0.4, 0.5) is 11.5 Å². The van der Waals surface area contributed by atoms with Gasteiger partial charge < -0.3 is 4.90 Å². The summed E-state index contributed by atoms with van der Waals surface area (Å²) in [6.45, 7) is 2.80. The molecule has 0 radical (unpaired) electrons. The summed E-state index contributed by atoms with van der Waals surface area (Å²) in [5.41, 5.74) is 4.63. The van der Waals surface area contributed by atoms with Gasteiger partial charge in [-0.2, -0.15) is 0 Å². The van der Waals surface area contributed by atoms with E-state index in [9.17, 15) is 4.79 Å². The van der Waals surface area contributed by atoms with Crippen LogP contribution >= 0.6 is 0 Å². The molecule has 0 fully saturated rings. The highest BCUT2D eigenvalue weighted by molar-refractivity contribution is 6.20. The van der Waals surface area contributed by atoms with Crippen LogP contribution in [-0.4, -0.2) is 28.1 Å². The molecule has 2 aliphatic heterocycles. The summed E-state index contributed by atoms with van der Waals surface area (Å²) in [4.78, 5) is 26.5. The van der Waals surface area contributed by atoms with Crippen LogP contribution in [-0.2, 0) is 6.42 Å². The Morgan fingerprint density at radius 2 is 2.14 bits per heavy atom. The first-order valence-corrected chi connectivity index (χ1v) is 7.04. The van der Waals surface area contributed by atoms with Crippen molar-refractivity contribution in [1.29, 1.82) is 0 Å². The second-order valence-corrected chi connectivity index (χ2v) is 5.36. The third-order valence-electron chi connectivity index (χ3n) is 4.05. The van der Waals surface area contributed by atoms with Crippen molar-refractivity contribution in [2.45, 2.75) is 19.8 Å². The summed E-state index contributed by atoms with van der Waals surface area (Å²) in [6.07, 6.45) is 5.55. The Hall–Kier alpha value is -2.56. The SMILES string of the molecule is CC1=NC(=O)c2ccc(N3CCCc4cncnc43)cc21. The molecule has 1 amide bonds. The van der Waals surface area contributed by atoms with Gasteiger partial charge in [0.05, 0.1) is 5.56 Å². The van der Waals surface area contributed by atoms with Gasteiger partial charge in [0.25, 0.3) is 5.91 Å². The summed E-state index contributed by atoms with van der Waals surface area (Å²) in [7, 11) is 0. The van der Waals surface area contributed by atoms with Crippen molar-refractivity contribution in [3.05, 3.63) is 47.4 Å². The molecule has 104 valence electrons. The molecule has 1 aromatic heterocycles. The van der Waals surface area contributed by atoms with Crippen LogP contribution in [0.25, 0.3) is 0 Å². The number of anilines is 2. The minimum atomic E-state index is -0.143. The van der Waals surface area contributed by atoms with Crippen molar-refractivity contribution < 1.29 is 4.79 Å². The number of carbonyl (C=O) groups excluding carboxylic acids is 1. The first kappa shape index (κ1) is 12.2. The van der Waals surface area contributed by atoms with Gasteiger partial charge in [0.1, 0.15) is 12.1 Å². The molecule has 2 aromatic rings. The number of benzene rings is 1. The molecule has 1 aromatic carbocycles. The molecule has 0 aliphatic carbocycles. The maximum absolute atomic E-state index is 11.7. The lowest BCUT2D eigenvalue weighted by Crippen LogP contribution is -2.26. The number of aliphatic imine (C=N–C) groups is 1. The van der Waals surface area contributed by atoms with Crippen LogP contribution in [0.2, 0.25) is 0 Å². The van der Waals surface area contributed by atoms with Crippen molar-refractivity contribution >= 4 is 23.1 Å². The average molecular weight is 278 g/mol. The normalized spacial score (nSPS) is 16.5. The summed E-state index contributed by atoms with van der Waals surface area (Å²) >= 11 is 0. The van der Waals surface area contributed by atoms with Gasteiger partial charge in [0.2, 0.25) is 0 Å². The quantitative estimate of drug-likeness (QED) is 0.804. The zero-order chi connectivity index (χ0) is 14.4. The van der Waals surface area contributed by atoms with Gasteiger partial charge in [-0.15, -0.1) is 0 Å². The van der Waals surface area contributed by atoms with Crippen molar-refractivity contribution in [1.82, 2.24) is 9.97 Å². The highest BCUT2D eigenvalue weighted by Crippen LogP contribution is 2.33. The largest absolute Gasteiger partial charge is 0.326 e. The Balaban J connectivity index is 1.81. The molecule has 5 nitrogen and oxygen atoms in total. The van der Waals surface area contributed by atoms with Crippen LogP contribution in [0.15, 0.2) is 35.7 Å². The van der Waals surface area contributed by atoms with Crippen molar-refractivity contribution in [3.63, 3.8) is 0 Å². The van der Waals surface area contributed by atoms with E-state index >= 15 is 0 Å². The number of hydrogen-bond acceptors (Lipinski definition) is 4. The summed E-state index contributed by atoms with van der Waals surface area (Å²) < 4.78 is 0. The van der Waals surface area contributed by atoms with Crippen LogP contribution < -0.4 is 4.90 Å². The monoisotopic (exact) mass is 278 g/mol. The van der Waals surface area contributed by atoms with Gasteiger partial charge in [0, 0.05) is 35.3 Å². The summed E-state index contributed by atoms with van der Waals surface area (Å²) in [5, 5.41) is 0. The lowest BCUT2D eigenvalue weighted by atomic mass is 10.0. The van der Waals surface area contributed by atoms with Crippen molar-refractivity contribution in [3.8, 4) is 0 Å². The predicted octanol–water partition coefficient (Wildman–Crippen LogP) is 2.52. The number of amides is 1. The van der Waals surface area contributed by atoms with Crippen LogP contribution in [0.3, 0.4) is 0 Å². The van der Waals surface area contributed by atoms with E-state index in [1.54, 1.807) is 6.33 Å². The molecular formula is C16H14N4O. The highest BCUT2D eigenvalue weighted by Gasteiger charge is 2.24. The fourth-order valence-corrected chi connectivity index (χ4v) is 3.02. The van der Waals surface area contributed by atoms with Gasteiger partial charge in [-0.3, -0.25) is 4.79 Å². The molecule has 0 saturated heterocycles. The van der Waals surface area contributed by atoms with Crippen LogP contribution in [0, 0.1) is 0 Å². The Morgan fingerprint density at radius 3 is 3.05 bits per heavy atom.